The van der Waals surface area contributed by atoms with Gasteiger partial charge in [-0.25, -0.2) is 9.78 Å². The van der Waals surface area contributed by atoms with Crippen molar-refractivity contribution in [3.05, 3.63) is 54.2 Å². The van der Waals surface area contributed by atoms with Crippen LogP contribution >= 0.6 is 0 Å². The average molecular weight is 489 g/mol. The fourth-order valence-corrected chi connectivity index (χ4v) is 4.64. The molecular weight excluding hydrogens is 456 g/mol. The molecule has 9 heteroatoms. The summed E-state index contributed by atoms with van der Waals surface area (Å²) in [5.41, 5.74) is 3.76. The Balaban J connectivity index is 1.33. The Labute approximate surface area is 210 Å². The molecular formula is C27H32N6O3. The van der Waals surface area contributed by atoms with Gasteiger partial charge in [-0.2, -0.15) is 0 Å². The summed E-state index contributed by atoms with van der Waals surface area (Å²) in [6.45, 7) is 7.98. The molecule has 0 unspecified atom stereocenters. The van der Waals surface area contributed by atoms with E-state index in [9.17, 15) is 9.90 Å². The Bertz CT molecular complexity index is 1390. The normalized spacial score (nSPS) is 14.9. The number of amides is 1. The van der Waals surface area contributed by atoms with E-state index in [-0.39, 0.29) is 12.7 Å². The number of aromatic nitrogens is 4. The maximum atomic E-state index is 12.0. The number of para-hydroxylation sites is 1. The van der Waals surface area contributed by atoms with Crippen molar-refractivity contribution in [1.29, 1.82) is 0 Å². The summed E-state index contributed by atoms with van der Waals surface area (Å²) in [4.78, 5) is 19.4. The third-order valence-electron chi connectivity index (χ3n) is 6.47. The molecule has 1 fully saturated rings. The first kappa shape index (κ1) is 24.0. The predicted octanol–water partition coefficient (Wildman–Crippen LogP) is 4.18. The van der Waals surface area contributed by atoms with Crippen LogP contribution in [0.4, 0.5) is 10.5 Å². The Hall–Kier alpha value is -3.72. The van der Waals surface area contributed by atoms with E-state index in [1.807, 2.05) is 49.6 Å². The zero-order valence-electron chi connectivity index (χ0n) is 20.9. The van der Waals surface area contributed by atoms with Gasteiger partial charge in [0.15, 0.2) is 11.5 Å². The number of alkyl carbamates (subject to hydrolysis) is 1. The van der Waals surface area contributed by atoms with Gasteiger partial charge in [0.25, 0.3) is 0 Å². The molecule has 0 radical (unpaired) electrons. The van der Waals surface area contributed by atoms with Gasteiger partial charge in [0.1, 0.15) is 11.3 Å². The minimum absolute atomic E-state index is 0.0377. The maximum Gasteiger partial charge on any atom is 0.407 e. The molecule has 0 saturated carbocycles. The molecule has 36 heavy (non-hydrogen) atoms. The van der Waals surface area contributed by atoms with E-state index < -0.39 is 5.60 Å². The second kappa shape index (κ2) is 9.73. The fourth-order valence-electron chi connectivity index (χ4n) is 4.64. The number of hydrogen-bond acceptors (Lipinski definition) is 7. The SMILES string of the molecule is CC(C)(C)OC(=O)NCC1CCN(c2cccc3ccc(-c4nnc5cc(CO)ccn45)nc23)CC1. The number of hydrogen-bond donors (Lipinski definition) is 2. The third-order valence-corrected chi connectivity index (χ3v) is 6.47. The van der Waals surface area contributed by atoms with Crippen molar-refractivity contribution in [2.45, 2.75) is 45.8 Å². The van der Waals surface area contributed by atoms with E-state index in [4.69, 9.17) is 9.72 Å². The molecule has 1 amide bonds. The molecule has 4 aromatic rings. The number of nitrogens with one attached hydrogen (secondary N) is 1. The number of ether oxygens (including phenoxy) is 1. The summed E-state index contributed by atoms with van der Waals surface area (Å²) in [6.07, 6.45) is 3.47. The summed E-state index contributed by atoms with van der Waals surface area (Å²) < 4.78 is 7.24. The van der Waals surface area contributed by atoms with Crippen LogP contribution in [0.1, 0.15) is 39.2 Å². The number of anilines is 1. The van der Waals surface area contributed by atoms with Crippen LogP contribution in [0.25, 0.3) is 28.1 Å². The highest BCUT2D eigenvalue weighted by Crippen LogP contribution is 2.31. The standard InChI is InChI=1S/C27H32N6O3/c1-27(2,3)36-26(35)28-16-18-9-12-32(13-10-18)22-6-4-5-20-7-8-21(29-24(20)22)25-31-30-23-15-19(17-34)11-14-33(23)25/h4-8,11,14-15,18,34H,9-10,12-13,16-17H2,1-3H3,(H,28,35). The van der Waals surface area contributed by atoms with E-state index in [0.717, 1.165) is 53.8 Å². The number of nitrogens with zero attached hydrogens (tertiary/aromatic N) is 5. The Morgan fingerprint density at radius 3 is 2.69 bits per heavy atom. The van der Waals surface area contributed by atoms with Crippen LogP contribution in [-0.2, 0) is 11.3 Å². The lowest BCUT2D eigenvalue weighted by molar-refractivity contribution is 0.0517. The molecule has 9 nitrogen and oxygen atoms in total. The van der Waals surface area contributed by atoms with Crippen molar-refractivity contribution in [2.75, 3.05) is 24.5 Å². The van der Waals surface area contributed by atoms with Crippen molar-refractivity contribution in [1.82, 2.24) is 24.9 Å². The zero-order valence-corrected chi connectivity index (χ0v) is 20.9. The Morgan fingerprint density at radius 1 is 1.14 bits per heavy atom. The van der Waals surface area contributed by atoms with Crippen LogP contribution in [0.15, 0.2) is 48.7 Å². The number of aliphatic hydroxyl groups is 1. The Morgan fingerprint density at radius 2 is 1.94 bits per heavy atom. The molecule has 1 aromatic carbocycles. The summed E-state index contributed by atoms with van der Waals surface area (Å²) in [5, 5.41) is 22.0. The molecule has 5 rings (SSSR count). The van der Waals surface area contributed by atoms with Gasteiger partial charge in [0.05, 0.1) is 17.8 Å². The molecule has 4 heterocycles. The van der Waals surface area contributed by atoms with Crippen molar-refractivity contribution < 1.29 is 14.6 Å². The van der Waals surface area contributed by atoms with Crippen molar-refractivity contribution >= 4 is 28.3 Å². The van der Waals surface area contributed by atoms with Crippen molar-refractivity contribution in [3.63, 3.8) is 0 Å². The maximum absolute atomic E-state index is 12.0. The first-order chi connectivity index (χ1) is 17.3. The number of rotatable bonds is 5. The zero-order chi connectivity index (χ0) is 25.3. The molecule has 1 aliphatic heterocycles. The summed E-state index contributed by atoms with van der Waals surface area (Å²) in [6, 6.07) is 14.0. The van der Waals surface area contributed by atoms with Gasteiger partial charge >= 0.3 is 6.09 Å². The lowest BCUT2D eigenvalue weighted by Gasteiger charge is -2.34. The van der Waals surface area contributed by atoms with Gasteiger partial charge < -0.3 is 20.1 Å². The molecule has 0 bridgehead atoms. The topological polar surface area (TPSA) is 105 Å². The predicted molar refractivity (Wildman–Crippen MR) is 139 cm³/mol. The highest BCUT2D eigenvalue weighted by molar-refractivity contribution is 5.92. The Kier molecular flexibility index (Phi) is 6.49. The summed E-state index contributed by atoms with van der Waals surface area (Å²) in [5.74, 6) is 1.08. The number of fused-ring (bicyclic) bond motifs is 2. The van der Waals surface area contributed by atoms with E-state index in [1.54, 1.807) is 0 Å². The highest BCUT2D eigenvalue weighted by Gasteiger charge is 2.23. The van der Waals surface area contributed by atoms with Crippen LogP contribution in [0, 0.1) is 5.92 Å². The average Bonchev–Trinajstić information content (AvgIpc) is 3.29. The van der Waals surface area contributed by atoms with Gasteiger partial charge in [0.2, 0.25) is 0 Å². The van der Waals surface area contributed by atoms with E-state index in [0.29, 0.717) is 23.9 Å². The molecule has 0 aliphatic carbocycles. The van der Waals surface area contributed by atoms with Gasteiger partial charge in [-0.3, -0.25) is 4.40 Å². The number of benzene rings is 1. The molecule has 0 atom stereocenters. The number of pyridine rings is 2. The lowest BCUT2D eigenvalue weighted by Crippen LogP contribution is -2.40. The number of carbonyl (C=O) groups is 1. The minimum Gasteiger partial charge on any atom is -0.444 e. The fraction of sp³-hybridized carbons (Fsp3) is 0.407. The first-order valence-electron chi connectivity index (χ1n) is 12.4. The first-order valence-corrected chi connectivity index (χ1v) is 12.4. The monoisotopic (exact) mass is 488 g/mol. The second-order valence-corrected chi connectivity index (χ2v) is 10.3. The highest BCUT2D eigenvalue weighted by atomic mass is 16.6. The molecule has 3 aromatic heterocycles. The van der Waals surface area contributed by atoms with Gasteiger partial charge in [-0.1, -0.05) is 18.2 Å². The van der Waals surface area contributed by atoms with Gasteiger partial charge in [-0.15, -0.1) is 10.2 Å². The third kappa shape index (κ3) is 5.11. The lowest BCUT2D eigenvalue weighted by atomic mass is 9.96. The van der Waals surface area contributed by atoms with Gasteiger partial charge in [-0.05, 0) is 69.4 Å². The van der Waals surface area contributed by atoms with Gasteiger partial charge in [0, 0.05) is 31.2 Å². The molecule has 188 valence electrons. The summed E-state index contributed by atoms with van der Waals surface area (Å²) >= 11 is 0. The largest absolute Gasteiger partial charge is 0.444 e. The molecule has 2 N–H and O–H groups in total. The molecule has 0 spiro atoms. The molecule has 1 saturated heterocycles. The number of carbonyl (C=O) groups excluding carboxylic acids is 1. The smallest absolute Gasteiger partial charge is 0.407 e. The van der Waals surface area contributed by atoms with Crippen LogP contribution in [0.5, 0.6) is 0 Å². The van der Waals surface area contributed by atoms with Crippen molar-refractivity contribution in [3.8, 4) is 11.5 Å². The van der Waals surface area contributed by atoms with E-state index in [2.05, 4.69) is 44.7 Å². The van der Waals surface area contributed by atoms with E-state index >= 15 is 0 Å². The number of piperidine rings is 1. The summed E-state index contributed by atoms with van der Waals surface area (Å²) in [7, 11) is 0. The van der Waals surface area contributed by atoms with Crippen LogP contribution < -0.4 is 10.2 Å². The quantitative estimate of drug-likeness (QED) is 0.434. The second-order valence-electron chi connectivity index (χ2n) is 10.3. The van der Waals surface area contributed by atoms with Crippen LogP contribution in [0.3, 0.4) is 0 Å². The van der Waals surface area contributed by atoms with Crippen LogP contribution in [0.2, 0.25) is 0 Å². The minimum atomic E-state index is -0.491. The van der Waals surface area contributed by atoms with E-state index in [1.165, 1.54) is 0 Å². The molecule has 1 aliphatic rings. The number of aliphatic hydroxyl groups excluding tert-OH is 1. The van der Waals surface area contributed by atoms with Crippen LogP contribution in [-0.4, -0.2) is 56.0 Å². The van der Waals surface area contributed by atoms with Crippen molar-refractivity contribution in [2.24, 2.45) is 5.92 Å².